The third-order valence-corrected chi connectivity index (χ3v) is 24.7. The van der Waals surface area contributed by atoms with Crippen molar-refractivity contribution in [1.82, 2.24) is 15.0 Å². The molecule has 4 aliphatic carbocycles. The first-order chi connectivity index (χ1) is 48.7. The zero-order valence-corrected chi connectivity index (χ0v) is 94.0. The van der Waals surface area contributed by atoms with Crippen LogP contribution in [0.4, 0.5) is 0 Å². The first-order valence-corrected chi connectivity index (χ1v) is 45.1. The van der Waals surface area contributed by atoms with E-state index in [1.807, 2.05) is 0 Å². The van der Waals surface area contributed by atoms with Crippen LogP contribution in [0.25, 0.3) is 0 Å². The van der Waals surface area contributed by atoms with Crippen LogP contribution in [0.2, 0.25) is 0 Å². The minimum Gasteiger partial charge on any atom is -0.726 e. The molecule has 24 atom stereocenters. The van der Waals surface area contributed by atoms with Gasteiger partial charge in [0.25, 0.3) is 0 Å². The summed E-state index contributed by atoms with van der Waals surface area (Å²) in [6.07, 6.45) is -40.0. The van der Waals surface area contributed by atoms with E-state index in [4.69, 9.17) is 28.4 Å². The summed E-state index contributed by atoms with van der Waals surface area (Å²) in [4.78, 5) is 0. The zero-order valence-electron chi connectivity index (χ0n) is 65.9. The summed E-state index contributed by atoms with van der Waals surface area (Å²) >= 11 is 0. The second-order valence-electron chi connectivity index (χ2n) is 27.3. The maximum atomic E-state index is 12.8. The molecule has 624 valence electrons. The molecule has 4 heterocycles. The van der Waals surface area contributed by atoms with Crippen LogP contribution in [0.5, 0.6) is 0 Å². The Labute approximate surface area is 899 Å². The molecule has 1 aromatic heterocycles. The fraction of sp³-hybridized carbons (Fsp3) is 0.958. The Kier molecular flexibility index (Phi) is 56.9. The van der Waals surface area contributed by atoms with Gasteiger partial charge in [-0.25, -0.2) is 88.9 Å². The Bertz CT molecular complexity index is 4530. The van der Waals surface area contributed by atoms with Gasteiger partial charge in [-0.2, -0.15) is 0 Å². The van der Waals surface area contributed by atoms with Gasteiger partial charge in [0.1, 0.15) is 60.6 Å². The number of hydrogen-bond donors (Lipinski definition) is 0. The van der Waals surface area contributed by atoms with E-state index in [0.29, 0.717) is 53.0 Å². The molecule has 0 bridgehead atoms. The van der Waals surface area contributed by atoms with Gasteiger partial charge in [-0.05, 0) is 110 Å². The predicted octanol–water partition coefficient (Wildman–Crippen LogP) is -34.2. The monoisotopic (exact) mass is 1970 g/mol. The van der Waals surface area contributed by atoms with Crippen molar-refractivity contribution in [3.05, 3.63) is 11.9 Å². The van der Waals surface area contributed by atoms with Crippen LogP contribution < -0.4 is 296 Å². The van der Waals surface area contributed by atoms with E-state index >= 15 is 0 Å². The normalized spacial score (nSPS) is 33.2. The van der Waals surface area contributed by atoms with Crippen molar-refractivity contribution in [2.75, 3.05) is 19.8 Å². The summed E-state index contributed by atoms with van der Waals surface area (Å²) in [6.45, 7) is 4.58. The maximum Gasteiger partial charge on any atom is 1.00 e. The molecule has 3 aliphatic heterocycles. The fourth-order valence-corrected chi connectivity index (χ4v) is 20.7. The van der Waals surface area contributed by atoms with Gasteiger partial charge >= 0.3 is 296 Å². The summed E-state index contributed by atoms with van der Waals surface area (Å²) in [7, 11) is -65.7. The molecule has 7 fully saturated rings. The van der Waals surface area contributed by atoms with Crippen molar-refractivity contribution >= 4 is 104 Å². The molecule has 69 heteroatoms. The van der Waals surface area contributed by atoms with Gasteiger partial charge in [-0.3, -0.25) is 41.8 Å². The van der Waals surface area contributed by atoms with E-state index < -0.39 is 229 Å². The number of aromatic nitrogens is 3. The van der Waals surface area contributed by atoms with Gasteiger partial charge in [-0.15, -0.1) is 5.10 Å². The Morgan fingerprint density at radius 3 is 1.21 bits per heavy atom. The second kappa shape index (κ2) is 51.7. The van der Waals surface area contributed by atoms with E-state index in [1.54, 1.807) is 0 Å². The number of hydrogen-bond acceptors (Lipinski definition) is 48. The molecule has 7 aliphatic rings. The number of nitrogens with zero attached hydrogens (tertiary/aromatic N) is 3. The molecule has 0 radical (unpaired) electrons. The number of fused-ring (bicyclic) bond motifs is 5. The van der Waals surface area contributed by atoms with Crippen LogP contribution in [0.1, 0.15) is 124 Å². The standard InChI is InChI=1S/C48H81N3O46S10.10Na/c1-23(2)7-6-8-24(3)29-11-12-30-28-10-9-25-17-27(13-15-47(25,4)31(28)14-16-48(29,30)5)82-19-26-18-51(50-49-26)44-41(95-105(73,74)75)38(92-102(64,65)66)35(32(86-44)20-83-98(52,53)54)89-45-42(96-106(76,77)78)39(93-103(67,68)69)36(33(87-45)21-84-99(55,56)57)90-46-43(97-107(79,80)81)40(94-104(70,71)72)37(91-101(61,62)63)34(88-46)22-85-100(58,59)60;;;;;;;;;;/h18,23-25,27-46H,6-17,19-22H2,1-5H3,(H,52,53,54)(H,55,56,57)(H,58,59,60)(H,61,62,63)(H,64,65,66)(H,67,68,69)(H,70,71,72)(H,73,74,75)(H,76,77,78)(H,79,80,81);;;;;;;;;;/q;10*+1/p-10/t24-,25?,27?,28+,29-,30+,31+,32-,33-,34-,35?,36?,37-,38+,39+,40+,41-,42-,43-,44?,45?,46?,47+,48-;;;;;;;;;;/m1........../s1. The van der Waals surface area contributed by atoms with Crippen molar-refractivity contribution in [2.24, 2.45) is 52.3 Å². The largest absolute Gasteiger partial charge is 1.00 e. The molecule has 0 N–H and O–H groups in total. The molecule has 3 saturated heterocycles. The molecular weight excluding hydrogens is 1910 g/mol. The third kappa shape index (κ3) is 39.7. The zero-order chi connectivity index (χ0) is 80.2. The summed E-state index contributed by atoms with van der Waals surface area (Å²) < 4.78 is 444. The average Bonchev–Trinajstić information content (AvgIpc) is 1.65. The van der Waals surface area contributed by atoms with Gasteiger partial charge in [-0.1, -0.05) is 59.1 Å². The molecule has 8 rings (SSSR count). The molecule has 1 aromatic rings. The fourth-order valence-electron chi connectivity index (χ4n) is 16.4. The third-order valence-electron chi connectivity index (χ3n) is 20.2. The first kappa shape index (κ1) is 129. The number of rotatable bonds is 36. The van der Waals surface area contributed by atoms with Crippen molar-refractivity contribution in [3.63, 3.8) is 0 Å². The van der Waals surface area contributed by atoms with Crippen molar-refractivity contribution in [3.8, 4) is 0 Å². The molecule has 0 amide bonds. The SMILES string of the molecule is CC(C)CCC[C@@H](C)[C@H]1CC[C@H]2[C@@H]3CCC4CC(OCc5cn(C6O[C@H](COS(=O)(=O)[O-])C(OC7O[C@H](COS(=O)(=O)[O-])C(OC8O[C@H](COS(=O)(=O)[O-])[C@@H](OS(=O)(=O)[O-])[C@H](OS(=O)(=O)[O-])[C@H]8OS(=O)(=O)[O-])[C@H](OS(=O)(=O)[O-])[C@H]7OS(=O)(=O)[O-])[C@H](OS(=O)(=O)[O-])[C@H]6OS(=O)(=O)[O-])nn5)CC[C@]4(C)[C@H]3CC[C@]12C.[Na+].[Na+].[Na+].[Na+].[Na+].[Na+].[Na+].[Na+].[Na+].[Na+]. The van der Waals surface area contributed by atoms with Gasteiger partial charge in [0, 0.05) is 0 Å². The van der Waals surface area contributed by atoms with Gasteiger partial charge in [0.05, 0.1) is 38.7 Å². The quantitative estimate of drug-likeness (QED) is 0.0342. The van der Waals surface area contributed by atoms with E-state index in [2.05, 4.69) is 86.8 Å². The van der Waals surface area contributed by atoms with Crippen molar-refractivity contribution in [2.45, 2.75) is 216 Å². The topological polar surface area (TPSA) is 750 Å². The minimum absolute atomic E-state index is 0. The number of ether oxygens (including phenoxy) is 6. The smallest absolute Gasteiger partial charge is 0.726 e. The van der Waals surface area contributed by atoms with E-state index in [0.717, 1.165) is 44.7 Å². The molecule has 4 saturated carbocycles. The van der Waals surface area contributed by atoms with Crippen LogP contribution in [0, 0.1) is 52.3 Å². The van der Waals surface area contributed by atoms with Crippen LogP contribution >= 0.6 is 0 Å². The Morgan fingerprint density at radius 2 is 0.795 bits per heavy atom. The summed E-state index contributed by atoms with van der Waals surface area (Å²) in [6, 6.07) is 0. The molecule has 49 nitrogen and oxygen atoms in total. The minimum atomic E-state index is -6.90. The van der Waals surface area contributed by atoms with E-state index in [1.165, 1.54) is 25.7 Å². The van der Waals surface area contributed by atoms with Gasteiger partial charge < -0.3 is 73.9 Å². The Morgan fingerprint density at radius 1 is 0.427 bits per heavy atom. The van der Waals surface area contributed by atoms with Gasteiger partial charge in [0.2, 0.25) is 104 Å². The van der Waals surface area contributed by atoms with Gasteiger partial charge in [0.15, 0.2) is 37.1 Å². The van der Waals surface area contributed by atoms with Crippen molar-refractivity contribution in [1.29, 1.82) is 0 Å². The van der Waals surface area contributed by atoms with Crippen LogP contribution in [0.15, 0.2) is 6.20 Å². The average molecular weight is 1980 g/mol. The maximum absolute atomic E-state index is 12.8. The Balaban J connectivity index is -0.0000130. The Hall–Kier alpha value is 7.60. The van der Waals surface area contributed by atoms with Crippen LogP contribution in [-0.4, -0.2) is 256 Å². The van der Waals surface area contributed by atoms with E-state index in [-0.39, 0.29) is 318 Å². The summed E-state index contributed by atoms with van der Waals surface area (Å²) in [5.74, 6) is 3.59. The van der Waals surface area contributed by atoms with E-state index in [9.17, 15) is 130 Å². The first-order valence-electron chi connectivity index (χ1n) is 31.7. The second-order valence-corrected chi connectivity index (χ2v) is 37.5. The molecule has 0 spiro atoms. The predicted molar refractivity (Wildman–Crippen MR) is 322 cm³/mol. The molecular formula is C48H71N3Na10O46S10. The molecule has 7 unspecified atom stereocenters. The molecule has 0 aromatic carbocycles. The summed E-state index contributed by atoms with van der Waals surface area (Å²) in [5, 5.41) is 7.67. The van der Waals surface area contributed by atoms with Crippen molar-refractivity contribution < 1.29 is 496 Å². The van der Waals surface area contributed by atoms with Crippen LogP contribution in [-0.2, 0) is 181 Å². The van der Waals surface area contributed by atoms with Crippen LogP contribution in [0.3, 0.4) is 0 Å². The molecule has 117 heavy (non-hydrogen) atoms. The summed E-state index contributed by atoms with van der Waals surface area (Å²) in [5.41, 5.74) is -0.0491.